The third-order valence-corrected chi connectivity index (χ3v) is 3.75. The van der Waals surface area contributed by atoms with Crippen LogP contribution in [0.2, 0.25) is 0 Å². The molecule has 2 N–H and O–H groups in total. The number of hydrogen-bond acceptors (Lipinski definition) is 3. The Morgan fingerprint density at radius 2 is 2.18 bits per heavy atom. The number of ether oxygens (including phenoxy) is 1. The summed E-state index contributed by atoms with van der Waals surface area (Å²) in [5, 5.41) is 11.8. The summed E-state index contributed by atoms with van der Waals surface area (Å²) in [6.07, 6.45) is 0.432. The second-order valence-corrected chi connectivity index (χ2v) is 5.55. The number of carbonyl (C=O) groups is 2. The van der Waals surface area contributed by atoms with E-state index in [1.54, 1.807) is 19.1 Å². The predicted octanol–water partition coefficient (Wildman–Crippen LogP) is 1.71. The third-order valence-electron chi connectivity index (χ3n) is 3.75. The SMILES string of the molecule is CC1(C(=O)O)CCN(C(=O)NCCOc2ccccc2F)C1. The van der Waals surface area contributed by atoms with Crippen molar-refractivity contribution in [2.75, 3.05) is 26.2 Å². The van der Waals surface area contributed by atoms with Crippen molar-refractivity contribution >= 4 is 12.0 Å². The molecule has 1 atom stereocenters. The highest BCUT2D eigenvalue weighted by Gasteiger charge is 2.42. The number of nitrogens with one attached hydrogen (secondary N) is 1. The van der Waals surface area contributed by atoms with Gasteiger partial charge in [-0.05, 0) is 25.5 Å². The molecule has 0 radical (unpaired) electrons. The van der Waals surface area contributed by atoms with Gasteiger partial charge in [-0.2, -0.15) is 0 Å². The molecule has 1 unspecified atom stereocenters. The Morgan fingerprint density at radius 3 is 2.82 bits per heavy atom. The van der Waals surface area contributed by atoms with Crippen molar-refractivity contribution in [2.45, 2.75) is 13.3 Å². The topological polar surface area (TPSA) is 78.9 Å². The number of hydrogen-bond donors (Lipinski definition) is 2. The number of rotatable bonds is 5. The zero-order valence-corrected chi connectivity index (χ0v) is 12.3. The van der Waals surface area contributed by atoms with Crippen molar-refractivity contribution in [1.29, 1.82) is 0 Å². The lowest BCUT2D eigenvalue weighted by Crippen LogP contribution is -2.42. The van der Waals surface area contributed by atoms with Gasteiger partial charge in [-0.25, -0.2) is 9.18 Å². The molecule has 1 aliphatic rings. The van der Waals surface area contributed by atoms with Gasteiger partial charge in [0.1, 0.15) is 6.61 Å². The smallest absolute Gasteiger partial charge is 0.317 e. The van der Waals surface area contributed by atoms with Gasteiger partial charge in [0.25, 0.3) is 0 Å². The predicted molar refractivity (Wildman–Crippen MR) is 77.2 cm³/mol. The van der Waals surface area contributed by atoms with E-state index >= 15 is 0 Å². The van der Waals surface area contributed by atoms with E-state index in [1.165, 1.54) is 17.0 Å². The molecule has 1 heterocycles. The summed E-state index contributed by atoms with van der Waals surface area (Å²) in [6, 6.07) is 5.70. The van der Waals surface area contributed by atoms with Gasteiger partial charge in [0.05, 0.1) is 12.0 Å². The maximum absolute atomic E-state index is 13.3. The number of urea groups is 1. The number of amides is 2. The molecule has 7 heteroatoms. The molecule has 2 rings (SSSR count). The summed E-state index contributed by atoms with van der Waals surface area (Å²) in [4.78, 5) is 24.5. The fraction of sp³-hybridized carbons (Fsp3) is 0.467. The van der Waals surface area contributed by atoms with Crippen molar-refractivity contribution in [1.82, 2.24) is 10.2 Å². The second-order valence-electron chi connectivity index (χ2n) is 5.55. The van der Waals surface area contributed by atoms with Crippen LogP contribution in [-0.2, 0) is 4.79 Å². The molecule has 22 heavy (non-hydrogen) atoms. The Balaban J connectivity index is 1.73. The first-order chi connectivity index (χ1) is 10.4. The number of benzene rings is 1. The van der Waals surface area contributed by atoms with Crippen molar-refractivity contribution < 1.29 is 23.8 Å². The van der Waals surface area contributed by atoms with Gasteiger partial charge in [0.2, 0.25) is 0 Å². The summed E-state index contributed by atoms with van der Waals surface area (Å²) in [5.74, 6) is -1.22. The number of halogens is 1. The van der Waals surface area contributed by atoms with Crippen LogP contribution in [0.3, 0.4) is 0 Å². The van der Waals surface area contributed by atoms with Crippen LogP contribution in [0, 0.1) is 11.2 Å². The lowest BCUT2D eigenvalue weighted by Gasteiger charge is -2.20. The molecule has 0 aromatic heterocycles. The van der Waals surface area contributed by atoms with E-state index in [4.69, 9.17) is 9.84 Å². The highest BCUT2D eigenvalue weighted by molar-refractivity contribution is 5.79. The number of para-hydroxylation sites is 1. The molecule has 120 valence electrons. The number of carboxylic acid groups (broad SMARTS) is 1. The molecule has 1 aromatic rings. The molecule has 1 saturated heterocycles. The minimum Gasteiger partial charge on any atom is -0.489 e. The maximum Gasteiger partial charge on any atom is 0.317 e. The number of aliphatic carboxylic acids is 1. The van der Waals surface area contributed by atoms with E-state index in [2.05, 4.69) is 5.32 Å². The van der Waals surface area contributed by atoms with Crippen LogP contribution in [0.25, 0.3) is 0 Å². The first-order valence-corrected chi connectivity index (χ1v) is 7.06. The van der Waals surface area contributed by atoms with Gasteiger partial charge in [-0.1, -0.05) is 12.1 Å². The van der Waals surface area contributed by atoms with Crippen LogP contribution >= 0.6 is 0 Å². The number of nitrogens with zero attached hydrogens (tertiary/aromatic N) is 1. The molecule has 0 bridgehead atoms. The normalized spacial score (nSPS) is 20.7. The van der Waals surface area contributed by atoms with E-state index in [1.807, 2.05) is 0 Å². The van der Waals surface area contributed by atoms with Crippen molar-refractivity contribution in [2.24, 2.45) is 5.41 Å². The Hall–Kier alpha value is -2.31. The Morgan fingerprint density at radius 1 is 1.45 bits per heavy atom. The van der Waals surface area contributed by atoms with E-state index < -0.39 is 17.2 Å². The van der Waals surface area contributed by atoms with Gasteiger partial charge in [0, 0.05) is 13.1 Å². The highest BCUT2D eigenvalue weighted by Crippen LogP contribution is 2.29. The fourth-order valence-electron chi connectivity index (χ4n) is 2.30. The number of likely N-dealkylation sites (tertiary alicyclic amines) is 1. The van der Waals surface area contributed by atoms with Crippen LogP contribution in [-0.4, -0.2) is 48.2 Å². The molecular formula is C15H19FN2O4. The molecule has 0 aliphatic carbocycles. The molecule has 1 fully saturated rings. The van der Waals surface area contributed by atoms with Crippen LogP contribution in [0.15, 0.2) is 24.3 Å². The minimum absolute atomic E-state index is 0.136. The standard InChI is InChI=1S/C15H19FN2O4/c1-15(13(19)20)6-8-18(10-15)14(21)17-7-9-22-12-5-3-2-4-11(12)16/h2-5H,6-10H2,1H3,(H,17,21)(H,19,20). The summed E-state index contributed by atoms with van der Waals surface area (Å²) in [6.45, 7) is 2.57. The van der Waals surface area contributed by atoms with E-state index in [0.717, 1.165) is 0 Å². The lowest BCUT2D eigenvalue weighted by atomic mass is 9.90. The largest absolute Gasteiger partial charge is 0.489 e. The first-order valence-electron chi connectivity index (χ1n) is 7.06. The van der Waals surface area contributed by atoms with Crippen LogP contribution in [0.1, 0.15) is 13.3 Å². The van der Waals surface area contributed by atoms with Gasteiger partial charge in [0.15, 0.2) is 11.6 Å². The number of carbonyl (C=O) groups excluding carboxylic acids is 1. The van der Waals surface area contributed by atoms with Crippen LogP contribution < -0.4 is 10.1 Å². The summed E-state index contributed by atoms with van der Waals surface area (Å²) >= 11 is 0. The monoisotopic (exact) mass is 310 g/mol. The Labute approximate surface area is 127 Å². The highest BCUT2D eigenvalue weighted by atomic mass is 19.1. The van der Waals surface area contributed by atoms with Crippen LogP contribution in [0.5, 0.6) is 5.75 Å². The first kappa shape index (κ1) is 16.1. The molecule has 2 amide bonds. The quantitative estimate of drug-likeness (QED) is 0.812. The second kappa shape index (κ2) is 6.64. The van der Waals surface area contributed by atoms with Gasteiger partial charge < -0.3 is 20.1 Å². The van der Waals surface area contributed by atoms with Gasteiger partial charge >= 0.3 is 12.0 Å². The van der Waals surface area contributed by atoms with Crippen molar-refractivity contribution in [3.63, 3.8) is 0 Å². The zero-order chi connectivity index (χ0) is 16.2. The van der Waals surface area contributed by atoms with E-state index in [-0.39, 0.29) is 31.5 Å². The maximum atomic E-state index is 13.3. The van der Waals surface area contributed by atoms with Crippen molar-refractivity contribution in [3.8, 4) is 5.75 Å². The summed E-state index contributed by atoms with van der Waals surface area (Å²) in [7, 11) is 0. The molecule has 1 aliphatic heterocycles. The summed E-state index contributed by atoms with van der Waals surface area (Å²) < 4.78 is 18.5. The Kier molecular flexibility index (Phi) is 4.85. The van der Waals surface area contributed by atoms with Gasteiger partial charge in [-0.3, -0.25) is 4.79 Å². The molecule has 1 aromatic carbocycles. The average molecular weight is 310 g/mol. The molecular weight excluding hydrogens is 291 g/mol. The van der Waals surface area contributed by atoms with E-state index in [9.17, 15) is 14.0 Å². The minimum atomic E-state index is -0.898. The summed E-state index contributed by atoms with van der Waals surface area (Å²) in [5.41, 5.74) is -0.888. The third kappa shape index (κ3) is 3.66. The van der Waals surface area contributed by atoms with Crippen LogP contribution in [0.4, 0.5) is 9.18 Å². The van der Waals surface area contributed by atoms with Gasteiger partial charge in [-0.15, -0.1) is 0 Å². The average Bonchev–Trinajstić information content (AvgIpc) is 2.89. The lowest BCUT2D eigenvalue weighted by molar-refractivity contribution is -0.147. The number of carboxylic acids is 1. The molecule has 6 nitrogen and oxygen atoms in total. The van der Waals surface area contributed by atoms with E-state index in [0.29, 0.717) is 13.0 Å². The molecule has 0 saturated carbocycles. The Bertz CT molecular complexity index is 566. The molecule has 0 spiro atoms. The van der Waals surface area contributed by atoms with Crippen molar-refractivity contribution in [3.05, 3.63) is 30.1 Å². The zero-order valence-electron chi connectivity index (χ0n) is 12.3. The fourth-order valence-corrected chi connectivity index (χ4v) is 2.30.